The van der Waals surface area contributed by atoms with E-state index >= 15 is 0 Å². The van der Waals surface area contributed by atoms with Gasteiger partial charge in [-0.15, -0.1) is 12.4 Å². The highest BCUT2D eigenvalue weighted by molar-refractivity contribution is 5.85. The van der Waals surface area contributed by atoms with Crippen LogP contribution in [-0.4, -0.2) is 29.8 Å². The van der Waals surface area contributed by atoms with Gasteiger partial charge in [0, 0.05) is 6.04 Å². The van der Waals surface area contributed by atoms with Gasteiger partial charge in [0.2, 0.25) is 0 Å². The highest BCUT2D eigenvalue weighted by Gasteiger charge is 2.19. The number of nitrogens with two attached hydrogens (primary N) is 1. The van der Waals surface area contributed by atoms with Crippen LogP contribution in [0.2, 0.25) is 0 Å². The van der Waals surface area contributed by atoms with E-state index in [2.05, 4.69) is 24.3 Å². The first-order valence-electron chi connectivity index (χ1n) is 7.84. The average Bonchev–Trinajstić information content (AvgIpc) is 2.56. The molecule has 0 bridgehead atoms. The van der Waals surface area contributed by atoms with E-state index in [4.69, 9.17) is 10.5 Å². The monoisotopic (exact) mass is 349 g/mol. The van der Waals surface area contributed by atoms with Crippen molar-refractivity contribution >= 4 is 18.4 Å². The second-order valence-corrected chi connectivity index (χ2v) is 5.53. The first kappa shape index (κ1) is 20.2. The molecule has 0 unspecified atom stereocenters. The van der Waals surface area contributed by atoms with Crippen LogP contribution in [0, 0.1) is 0 Å². The summed E-state index contributed by atoms with van der Waals surface area (Å²) in [4.78, 5) is 11.4. The van der Waals surface area contributed by atoms with Gasteiger partial charge in [0.05, 0.1) is 6.61 Å². The second-order valence-electron chi connectivity index (χ2n) is 5.53. The van der Waals surface area contributed by atoms with E-state index in [1.165, 1.54) is 5.56 Å². The third kappa shape index (κ3) is 5.96. The molecule has 0 aromatic heterocycles. The third-order valence-corrected chi connectivity index (χ3v) is 3.64. The van der Waals surface area contributed by atoms with Crippen molar-refractivity contribution in [3.63, 3.8) is 0 Å². The van der Waals surface area contributed by atoms with Crippen LogP contribution in [0.5, 0.6) is 0 Å². The summed E-state index contributed by atoms with van der Waals surface area (Å²) < 4.78 is 4.77. The van der Waals surface area contributed by atoms with Gasteiger partial charge in [-0.05, 0) is 36.5 Å². The first-order valence-corrected chi connectivity index (χ1v) is 7.84. The Balaban J connectivity index is 0.00000288. The van der Waals surface area contributed by atoms with Crippen LogP contribution >= 0.6 is 12.4 Å². The third-order valence-electron chi connectivity index (χ3n) is 3.64. The number of rotatable bonds is 7. The highest BCUT2D eigenvalue weighted by atomic mass is 35.5. The van der Waals surface area contributed by atoms with Crippen LogP contribution in [0.25, 0.3) is 11.1 Å². The number of aliphatic hydroxyl groups excluding tert-OH is 1. The Morgan fingerprint density at radius 3 is 2.25 bits per heavy atom. The van der Waals surface area contributed by atoms with Crippen LogP contribution in [-0.2, 0) is 16.0 Å². The Labute approximate surface area is 149 Å². The van der Waals surface area contributed by atoms with E-state index in [9.17, 15) is 9.90 Å². The molecule has 3 N–H and O–H groups in total. The van der Waals surface area contributed by atoms with Crippen molar-refractivity contribution in [1.29, 1.82) is 0 Å². The van der Waals surface area contributed by atoms with Gasteiger partial charge in [0.25, 0.3) is 0 Å². The number of carbonyl (C=O) groups is 1. The quantitative estimate of drug-likeness (QED) is 0.754. The van der Waals surface area contributed by atoms with Gasteiger partial charge >= 0.3 is 5.97 Å². The summed E-state index contributed by atoms with van der Waals surface area (Å²) in [5.41, 5.74) is 9.41. The molecule has 0 heterocycles. The molecule has 0 saturated carbocycles. The molecule has 0 saturated heterocycles. The largest absolute Gasteiger partial charge is 0.464 e. The SMILES string of the molecule is CCOC(=O)[C@H](O)C[C@H](N)Cc1ccc(-c2ccccc2)cc1.Cl. The summed E-state index contributed by atoms with van der Waals surface area (Å²) in [5, 5.41) is 9.74. The zero-order valence-corrected chi connectivity index (χ0v) is 14.5. The molecule has 24 heavy (non-hydrogen) atoms. The van der Waals surface area contributed by atoms with Crippen molar-refractivity contribution in [2.75, 3.05) is 6.61 Å². The molecule has 130 valence electrons. The number of ether oxygens (including phenoxy) is 1. The fraction of sp³-hybridized carbons (Fsp3) is 0.316. The molecule has 2 rings (SSSR count). The molecule has 5 heteroatoms. The van der Waals surface area contributed by atoms with E-state index in [-0.39, 0.29) is 31.5 Å². The molecule has 2 aromatic carbocycles. The van der Waals surface area contributed by atoms with Crippen molar-refractivity contribution in [3.05, 3.63) is 60.2 Å². The molecule has 0 aliphatic heterocycles. The maximum atomic E-state index is 11.4. The van der Waals surface area contributed by atoms with E-state index in [1.807, 2.05) is 30.3 Å². The minimum absolute atomic E-state index is 0. The molecule has 2 aromatic rings. The van der Waals surface area contributed by atoms with E-state index < -0.39 is 12.1 Å². The summed E-state index contributed by atoms with van der Waals surface area (Å²) in [5.74, 6) is -0.609. The lowest BCUT2D eigenvalue weighted by molar-refractivity contribution is -0.153. The zero-order chi connectivity index (χ0) is 16.7. The molecule has 2 atom stereocenters. The molecular weight excluding hydrogens is 326 g/mol. The van der Waals surface area contributed by atoms with Gasteiger partial charge in [0.15, 0.2) is 6.10 Å². The van der Waals surface area contributed by atoms with Gasteiger partial charge in [0.1, 0.15) is 0 Å². The minimum Gasteiger partial charge on any atom is -0.464 e. The van der Waals surface area contributed by atoms with Crippen LogP contribution < -0.4 is 5.73 Å². The summed E-state index contributed by atoms with van der Waals surface area (Å²) in [6.45, 7) is 1.96. The number of benzene rings is 2. The fourth-order valence-corrected chi connectivity index (χ4v) is 2.47. The number of aliphatic hydroxyl groups is 1. The Bertz CT molecular complexity index is 616. The van der Waals surface area contributed by atoms with Gasteiger partial charge < -0.3 is 15.6 Å². The Morgan fingerprint density at radius 1 is 1.08 bits per heavy atom. The first-order chi connectivity index (χ1) is 11.1. The van der Waals surface area contributed by atoms with Crippen molar-refractivity contribution in [1.82, 2.24) is 0 Å². The van der Waals surface area contributed by atoms with Crippen LogP contribution in [0.1, 0.15) is 18.9 Å². The Morgan fingerprint density at radius 2 is 1.67 bits per heavy atom. The molecular formula is C19H24ClNO3. The van der Waals surface area contributed by atoms with Gasteiger partial charge in [-0.3, -0.25) is 0 Å². The molecule has 0 aliphatic carbocycles. The number of hydrogen-bond donors (Lipinski definition) is 2. The van der Waals surface area contributed by atoms with Gasteiger partial charge in [-0.25, -0.2) is 4.79 Å². The van der Waals surface area contributed by atoms with Crippen molar-refractivity contribution in [2.24, 2.45) is 5.73 Å². The van der Waals surface area contributed by atoms with Crippen LogP contribution in [0.3, 0.4) is 0 Å². The molecule has 0 fully saturated rings. The number of esters is 1. The predicted octanol–water partition coefficient (Wildman–Crippen LogP) is 2.96. The predicted molar refractivity (Wildman–Crippen MR) is 98.1 cm³/mol. The maximum absolute atomic E-state index is 11.4. The summed E-state index contributed by atoms with van der Waals surface area (Å²) in [6, 6.07) is 18.0. The standard InChI is InChI=1S/C19H23NO3.ClH/c1-2-23-19(22)18(21)13-17(20)12-14-8-10-16(11-9-14)15-6-4-3-5-7-15;/h3-11,17-18,21H,2,12-13,20H2,1H3;1H/t17-,18-;/m1./s1. The van der Waals surface area contributed by atoms with E-state index in [1.54, 1.807) is 6.92 Å². The van der Waals surface area contributed by atoms with Crippen molar-refractivity contribution in [2.45, 2.75) is 31.9 Å². The van der Waals surface area contributed by atoms with E-state index in [0.29, 0.717) is 6.42 Å². The maximum Gasteiger partial charge on any atom is 0.335 e. The fourth-order valence-electron chi connectivity index (χ4n) is 2.47. The topological polar surface area (TPSA) is 72.5 Å². The average molecular weight is 350 g/mol. The smallest absolute Gasteiger partial charge is 0.335 e. The second kappa shape index (κ2) is 10.1. The lowest BCUT2D eigenvalue weighted by Gasteiger charge is -2.15. The molecule has 0 aliphatic rings. The number of halogens is 1. The minimum atomic E-state index is -1.16. The van der Waals surface area contributed by atoms with Crippen LogP contribution in [0.4, 0.5) is 0 Å². The lowest BCUT2D eigenvalue weighted by Crippen LogP contribution is -2.33. The van der Waals surface area contributed by atoms with Crippen LogP contribution in [0.15, 0.2) is 54.6 Å². The van der Waals surface area contributed by atoms with E-state index in [0.717, 1.165) is 11.1 Å². The molecule has 0 spiro atoms. The van der Waals surface area contributed by atoms with Crippen molar-refractivity contribution in [3.8, 4) is 11.1 Å². The Kier molecular flexibility index (Phi) is 8.47. The Hall–Kier alpha value is -1.88. The highest BCUT2D eigenvalue weighted by Crippen LogP contribution is 2.20. The lowest BCUT2D eigenvalue weighted by atomic mass is 9.98. The summed E-state index contributed by atoms with van der Waals surface area (Å²) >= 11 is 0. The zero-order valence-electron chi connectivity index (χ0n) is 13.7. The normalized spacial score (nSPS) is 12.8. The molecule has 4 nitrogen and oxygen atoms in total. The number of carbonyl (C=O) groups excluding carboxylic acids is 1. The summed E-state index contributed by atoms with van der Waals surface area (Å²) in [7, 11) is 0. The molecule has 0 radical (unpaired) electrons. The van der Waals surface area contributed by atoms with Gasteiger partial charge in [-0.2, -0.15) is 0 Å². The molecule has 0 amide bonds. The summed E-state index contributed by atoms with van der Waals surface area (Å²) in [6.07, 6.45) is -0.362. The van der Waals surface area contributed by atoms with Crippen molar-refractivity contribution < 1.29 is 14.6 Å². The number of hydrogen-bond acceptors (Lipinski definition) is 4. The van der Waals surface area contributed by atoms with Gasteiger partial charge in [-0.1, -0.05) is 54.6 Å².